The molecule has 2 aliphatic carbocycles. The number of carbonyl (C=O) groups is 4. The van der Waals surface area contributed by atoms with Crippen LogP contribution in [0.2, 0.25) is 5.02 Å². The second-order valence-corrected chi connectivity index (χ2v) is 16.0. The Hall–Kier alpha value is -5.25. The molecule has 0 radical (unpaired) electrons. The average molecular weight is 756 g/mol. The predicted octanol–water partition coefficient (Wildman–Crippen LogP) is 6.88. The molecule has 3 aliphatic heterocycles. The van der Waals surface area contributed by atoms with Crippen LogP contribution in [0.25, 0.3) is 0 Å². The minimum Gasteiger partial charge on any atom is -0.508 e. The highest BCUT2D eigenvalue weighted by Gasteiger charge is 2.71. The number of phenols is 1. The molecule has 280 valence electrons. The number of halogens is 1. The molecule has 4 amide bonds. The minimum absolute atomic E-state index is 0.0822. The van der Waals surface area contributed by atoms with Gasteiger partial charge in [0.25, 0.3) is 0 Å². The number of ether oxygens (including phenoxy) is 1. The summed E-state index contributed by atoms with van der Waals surface area (Å²) in [6.07, 6.45) is 3.88. The first-order chi connectivity index (χ1) is 26.7. The van der Waals surface area contributed by atoms with Crippen molar-refractivity contribution in [1.29, 1.82) is 0 Å². The van der Waals surface area contributed by atoms with Crippen LogP contribution in [0.3, 0.4) is 0 Å². The summed E-state index contributed by atoms with van der Waals surface area (Å²) in [6, 6.07) is 31.0. The average Bonchev–Trinajstić information content (AvgIpc) is 3.59. The Balaban J connectivity index is 1.14. The van der Waals surface area contributed by atoms with Crippen molar-refractivity contribution in [2.24, 2.45) is 23.7 Å². The normalized spacial score (nSPS) is 28.2. The van der Waals surface area contributed by atoms with Crippen molar-refractivity contribution in [2.45, 2.75) is 49.6 Å². The Morgan fingerprint density at radius 3 is 2.24 bits per heavy atom. The molecule has 3 saturated heterocycles. The number of methoxy groups -OCH3 is 1. The smallest absolute Gasteiger partial charge is 0.246 e. The van der Waals surface area contributed by atoms with Crippen LogP contribution in [-0.2, 0) is 31.1 Å². The molecule has 4 fully saturated rings. The lowest BCUT2D eigenvalue weighted by molar-refractivity contribution is -0.144. The fourth-order valence-electron chi connectivity index (χ4n) is 10.6. The van der Waals surface area contributed by atoms with Gasteiger partial charge in [-0.25, -0.2) is 4.90 Å². The molecular formula is C45H42ClN3O6. The molecule has 9 nitrogen and oxygen atoms in total. The third kappa shape index (κ3) is 5.46. The maximum atomic E-state index is 15.5. The van der Waals surface area contributed by atoms with Gasteiger partial charge in [-0.2, -0.15) is 0 Å². The van der Waals surface area contributed by atoms with Crippen LogP contribution in [-0.4, -0.2) is 64.8 Å². The third-order valence-corrected chi connectivity index (χ3v) is 13.2. The van der Waals surface area contributed by atoms with Crippen LogP contribution in [0.5, 0.6) is 11.5 Å². The second-order valence-electron chi connectivity index (χ2n) is 15.5. The molecule has 55 heavy (non-hydrogen) atoms. The quantitative estimate of drug-likeness (QED) is 0.162. The van der Waals surface area contributed by atoms with Gasteiger partial charge in [0.05, 0.1) is 36.0 Å². The first-order valence-electron chi connectivity index (χ1n) is 19.1. The molecule has 0 spiro atoms. The van der Waals surface area contributed by atoms with Crippen LogP contribution < -0.4 is 9.64 Å². The maximum absolute atomic E-state index is 15.5. The summed E-state index contributed by atoms with van der Waals surface area (Å²) in [6.45, 7) is 2.36. The topological polar surface area (TPSA) is 107 Å². The van der Waals surface area contributed by atoms with Gasteiger partial charge in [0.15, 0.2) is 0 Å². The SMILES string of the molecule is COc1cccc(O)c1C1C2=CCC3C(=O)N(C4CCN(Cc5ccccc5)CC4)C(=O)C3C2CC2C(=O)N(c3cccc(Cl)c3)C(=O)C21c1ccccc1. The lowest BCUT2D eigenvalue weighted by Crippen LogP contribution is -2.53. The van der Waals surface area contributed by atoms with Crippen molar-refractivity contribution in [3.8, 4) is 11.5 Å². The number of phenolic OH excluding ortho intramolecular Hbond substituents is 1. The van der Waals surface area contributed by atoms with Crippen LogP contribution in [0, 0.1) is 23.7 Å². The number of piperidine rings is 1. The zero-order valence-corrected chi connectivity index (χ0v) is 31.3. The zero-order chi connectivity index (χ0) is 38.0. The standard InChI is InChI=1S/C45H42ClN3O6/c1-55-37-17-9-16-36(50)39(37)40-32-18-19-33-38(43(53)48(41(33)51)30-20-22-47(23-21-30)26-27-10-4-2-5-11-27)34(32)25-35-42(52)49(31-15-8-14-29(46)24-31)44(54)45(35,40)28-12-6-3-7-13-28/h2-18,24,30,33-35,38,40,50H,19-23,25-26H2,1H3. The molecule has 4 aromatic carbocycles. The molecule has 10 heteroatoms. The summed E-state index contributed by atoms with van der Waals surface area (Å²) in [5, 5.41) is 12.1. The fourth-order valence-corrected chi connectivity index (χ4v) is 10.8. The molecule has 4 aromatic rings. The summed E-state index contributed by atoms with van der Waals surface area (Å²) in [7, 11) is 1.51. The van der Waals surface area contributed by atoms with E-state index in [0.717, 1.165) is 25.2 Å². The number of anilines is 1. The molecule has 1 N–H and O–H groups in total. The maximum Gasteiger partial charge on any atom is 0.246 e. The molecule has 0 aromatic heterocycles. The molecule has 3 heterocycles. The van der Waals surface area contributed by atoms with Crippen molar-refractivity contribution in [1.82, 2.24) is 9.80 Å². The van der Waals surface area contributed by atoms with Crippen molar-refractivity contribution < 1.29 is 29.0 Å². The van der Waals surface area contributed by atoms with Crippen molar-refractivity contribution in [2.75, 3.05) is 25.1 Å². The summed E-state index contributed by atoms with van der Waals surface area (Å²) < 4.78 is 5.90. The van der Waals surface area contributed by atoms with E-state index < -0.39 is 46.8 Å². The first-order valence-corrected chi connectivity index (χ1v) is 19.5. The lowest BCUT2D eigenvalue weighted by atomic mass is 9.49. The number of nitrogens with zero attached hydrogens (tertiary/aromatic N) is 3. The highest BCUT2D eigenvalue weighted by molar-refractivity contribution is 6.32. The molecule has 6 atom stereocenters. The lowest BCUT2D eigenvalue weighted by Gasteiger charge is -2.51. The summed E-state index contributed by atoms with van der Waals surface area (Å²) in [4.78, 5) is 64.8. The molecule has 5 aliphatic rings. The van der Waals surface area contributed by atoms with E-state index in [9.17, 15) is 14.7 Å². The third-order valence-electron chi connectivity index (χ3n) is 12.9. The molecule has 9 rings (SSSR count). The molecular weight excluding hydrogens is 714 g/mol. The van der Waals surface area contributed by atoms with E-state index in [1.165, 1.54) is 17.6 Å². The van der Waals surface area contributed by atoms with Crippen molar-refractivity contribution in [3.63, 3.8) is 0 Å². The van der Waals surface area contributed by atoms with Gasteiger partial charge < -0.3 is 9.84 Å². The fraction of sp³-hybridized carbons (Fsp3) is 0.333. The van der Waals surface area contributed by atoms with Crippen LogP contribution in [0.4, 0.5) is 5.69 Å². The minimum atomic E-state index is -1.52. The van der Waals surface area contributed by atoms with Crippen molar-refractivity contribution in [3.05, 3.63) is 136 Å². The Labute approximate surface area is 325 Å². The number of fused-ring (bicyclic) bond motifs is 4. The van der Waals surface area contributed by atoms with Crippen LogP contribution in [0.1, 0.15) is 48.3 Å². The number of aromatic hydroxyl groups is 1. The summed E-state index contributed by atoms with van der Waals surface area (Å²) >= 11 is 6.44. The number of allylic oxidation sites excluding steroid dienone is 2. The molecule has 0 bridgehead atoms. The highest BCUT2D eigenvalue weighted by atomic mass is 35.5. The van der Waals surface area contributed by atoms with E-state index in [-0.39, 0.29) is 30.0 Å². The van der Waals surface area contributed by atoms with Gasteiger partial charge in [0, 0.05) is 42.2 Å². The summed E-state index contributed by atoms with van der Waals surface area (Å²) in [5.74, 6) is -4.56. The van der Waals surface area contributed by atoms with E-state index in [4.69, 9.17) is 16.3 Å². The Morgan fingerprint density at radius 2 is 1.53 bits per heavy atom. The molecule has 1 saturated carbocycles. The first kappa shape index (κ1) is 35.5. The second kappa shape index (κ2) is 13.8. The van der Waals surface area contributed by atoms with Gasteiger partial charge in [-0.05, 0) is 73.1 Å². The highest BCUT2D eigenvalue weighted by Crippen LogP contribution is 2.66. The number of hydrogen-bond acceptors (Lipinski definition) is 7. The largest absolute Gasteiger partial charge is 0.508 e. The molecule has 6 unspecified atom stereocenters. The van der Waals surface area contributed by atoms with Gasteiger partial charge in [-0.3, -0.25) is 29.0 Å². The Kier molecular flexibility index (Phi) is 8.89. The number of amides is 4. The number of carbonyl (C=O) groups excluding carboxylic acids is 4. The summed E-state index contributed by atoms with van der Waals surface area (Å²) in [5.41, 5.74) is 1.84. The van der Waals surface area contributed by atoms with E-state index in [0.29, 0.717) is 46.8 Å². The van der Waals surface area contributed by atoms with E-state index >= 15 is 9.59 Å². The zero-order valence-electron chi connectivity index (χ0n) is 30.5. The monoisotopic (exact) mass is 755 g/mol. The van der Waals surface area contributed by atoms with E-state index in [2.05, 4.69) is 17.0 Å². The number of imide groups is 2. The van der Waals surface area contributed by atoms with Gasteiger partial charge in [0.1, 0.15) is 11.5 Å². The number of likely N-dealkylation sites (tertiary alicyclic amines) is 2. The van der Waals surface area contributed by atoms with E-state index in [1.807, 2.05) is 54.6 Å². The van der Waals surface area contributed by atoms with Crippen LogP contribution >= 0.6 is 11.6 Å². The Bertz CT molecular complexity index is 2220. The number of benzene rings is 4. The number of hydrogen-bond donors (Lipinski definition) is 1. The van der Waals surface area contributed by atoms with Crippen LogP contribution in [0.15, 0.2) is 115 Å². The predicted molar refractivity (Wildman–Crippen MR) is 207 cm³/mol. The number of rotatable bonds is 7. The van der Waals surface area contributed by atoms with Gasteiger partial charge in [-0.15, -0.1) is 0 Å². The Morgan fingerprint density at radius 1 is 0.818 bits per heavy atom. The van der Waals surface area contributed by atoms with Gasteiger partial charge in [-0.1, -0.05) is 96.0 Å². The van der Waals surface area contributed by atoms with E-state index in [1.54, 1.807) is 47.4 Å². The van der Waals surface area contributed by atoms with Gasteiger partial charge in [0.2, 0.25) is 23.6 Å². The van der Waals surface area contributed by atoms with Gasteiger partial charge >= 0.3 is 0 Å². The van der Waals surface area contributed by atoms with Crippen molar-refractivity contribution >= 4 is 40.9 Å².